The summed E-state index contributed by atoms with van der Waals surface area (Å²) in [6, 6.07) is 24.4. The van der Waals surface area contributed by atoms with Crippen LogP contribution in [0.25, 0.3) is 11.5 Å². The summed E-state index contributed by atoms with van der Waals surface area (Å²) in [5, 5.41) is 9.08. The molecule has 0 N–H and O–H groups in total. The second-order valence-electron chi connectivity index (χ2n) is 6.83. The summed E-state index contributed by atoms with van der Waals surface area (Å²) in [6.07, 6.45) is 0. The van der Waals surface area contributed by atoms with E-state index in [-0.39, 0.29) is 11.7 Å². The Morgan fingerprint density at radius 1 is 1.00 bits per heavy atom. The van der Waals surface area contributed by atoms with Gasteiger partial charge in [-0.3, -0.25) is 4.79 Å². The summed E-state index contributed by atoms with van der Waals surface area (Å²) in [5.41, 5.74) is 2.58. The fourth-order valence-corrected chi connectivity index (χ4v) is 3.80. The lowest BCUT2D eigenvalue weighted by molar-refractivity contribution is -0.116. The average molecular weight is 466 g/mol. The van der Waals surface area contributed by atoms with Gasteiger partial charge in [0.05, 0.1) is 19.4 Å². The summed E-state index contributed by atoms with van der Waals surface area (Å²) >= 11 is 7.13. The summed E-state index contributed by atoms with van der Waals surface area (Å²) < 4.78 is 10.9. The molecule has 1 amide bonds. The zero-order valence-corrected chi connectivity index (χ0v) is 18.8. The van der Waals surface area contributed by atoms with Crippen molar-refractivity contribution in [1.82, 2.24) is 10.2 Å². The number of carbonyl (C=O) groups excluding carboxylic acids is 1. The topological polar surface area (TPSA) is 68.5 Å². The van der Waals surface area contributed by atoms with E-state index in [2.05, 4.69) is 10.2 Å². The molecule has 1 heterocycles. The van der Waals surface area contributed by atoms with E-state index in [9.17, 15) is 4.79 Å². The lowest BCUT2D eigenvalue weighted by atomic mass is 10.2. The van der Waals surface area contributed by atoms with Gasteiger partial charge in [-0.25, -0.2) is 0 Å². The van der Waals surface area contributed by atoms with Gasteiger partial charge in [0.2, 0.25) is 11.8 Å². The zero-order chi connectivity index (χ0) is 22.3. The third-order valence-corrected chi connectivity index (χ3v) is 5.74. The highest BCUT2D eigenvalue weighted by molar-refractivity contribution is 7.99. The van der Waals surface area contributed by atoms with Crippen LogP contribution >= 0.6 is 23.4 Å². The molecule has 0 saturated heterocycles. The highest BCUT2D eigenvalue weighted by Gasteiger charge is 2.19. The highest BCUT2D eigenvalue weighted by atomic mass is 35.5. The Kier molecular flexibility index (Phi) is 7.09. The number of hydrogen-bond donors (Lipinski definition) is 0. The molecule has 4 rings (SSSR count). The van der Waals surface area contributed by atoms with E-state index in [1.807, 2.05) is 54.6 Å². The molecule has 32 heavy (non-hydrogen) atoms. The van der Waals surface area contributed by atoms with Crippen LogP contribution in [-0.4, -0.2) is 29.0 Å². The predicted octanol–water partition coefficient (Wildman–Crippen LogP) is 5.72. The van der Waals surface area contributed by atoms with Crippen LogP contribution in [0, 0.1) is 0 Å². The normalized spacial score (nSPS) is 10.7. The van der Waals surface area contributed by atoms with Crippen LogP contribution in [0.3, 0.4) is 0 Å². The Hall–Kier alpha value is -3.29. The fraction of sp³-hybridized carbons (Fsp3) is 0.125. The van der Waals surface area contributed by atoms with Crippen molar-refractivity contribution in [2.45, 2.75) is 11.8 Å². The number of rotatable bonds is 8. The van der Waals surface area contributed by atoms with E-state index in [4.69, 9.17) is 20.8 Å². The number of hydrogen-bond acceptors (Lipinski definition) is 6. The molecule has 0 aliphatic heterocycles. The minimum absolute atomic E-state index is 0.0738. The van der Waals surface area contributed by atoms with E-state index < -0.39 is 0 Å². The number of halogens is 1. The first-order chi connectivity index (χ1) is 15.6. The molecule has 0 spiro atoms. The number of carbonyl (C=O) groups is 1. The molecular weight excluding hydrogens is 446 g/mol. The van der Waals surface area contributed by atoms with Crippen molar-refractivity contribution in [2.75, 3.05) is 17.8 Å². The number of benzene rings is 3. The Morgan fingerprint density at radius 2 is 1.72 bits per heavy atom. The molecule has 0 aliphatic carbocycles. The van der Waals surface area contributed by atoms with Crippen molar-refractivity contribution in [3.05, 3.63) is 89.4 Å². The lowest BCUT2D eigenvalue weighted by Gasteiger charge is -2.23. The van der Waals surface area contributed by atoms with Gasteiger partial charge in [0.25, 0.3) is 5.22 Å². The molecule has 6 nitrogen and oxygen atoms in total. The van der Waals surface area contributed by atoms with Crippen LogP contribution < -0.4 is 9.64 Å². The Morgan fingerprint density at radius 3 is 2.41 bits per heavy atom. The number of amides is 1. The monoisotopic (exact) mass is 465 g/mol. The molecule has 0 fully saturated rings. The molecule has 0 saturated carbocycles. The predicted molar refractivity (Wildman–Crippen MR) is 126 cm³/mol. The van der Waals surface area contributed by atoms with Gasteiger partial charge in [-0.05, 0) is 54.1 Å². The summed E-state index contributed by atoms with van der Waals surface area (Å²) in [6.45, 7) is 0.451. The summed E-state index contributed by atoms with van der Waals surface area (Å²) in [4.78, 5) is 14.9. The lowest BCUT2D eigenvalue weighted by Crippen LogP contribution is -2.31. The van der Waals surface area contributed by atoms with E-state index in [0.717, 1.165) is 22.6 Å². The van der Waals surface area contributed by atoms with Crippen molar-refractivity contribution in [3.8, 4) is 17.2 Å². The molecule has 0 bridgehead atoms. The van der Waals surface area contributed by atoms with Crippen molar-refractivity contribution in [1.29, 1.82) is 0 Å². The minimum Gasteiger partial charge on any atom is -0.497 e. The first-order valence-electron chi connectivity index (χ1n) is 9.83. The number of anilines is 1. The maximum atomic E-state index is 13.2. The van der Waals surface area contributed by atoms with E-state index in [1.165, 1.54) is 11.8 Å². The highest BCUT2D eigenvalue weighted by Crippen LogP contribution is 2.26. The zero-order valence-electron chi connectivity index (χ0n) is 17.3. The molecule has 0 radical (unpaired) electrons. The Labute approximate surface area is 195 Å². The second kappa shape index (κ2) is 10.3. The van der Waals surface area contributed by atoms with Crippen LogP contribution in [0.5, 0.6) is 5.75 Å². The Balaban J connectivity index is 1.47. The Bertz CT molecular complexity index is 1170. The maximum absolute atomic E-state index is 13.2. The maximum Gasteiger partial charge on any atom is 0.277 e. The molecular formula is C24H20ClN3O3S. The average Bonchev–Trinajstić information content (AvgIpc) is 3.31. The third kappa shape index (κ3) is 5.49. The van der Waals surface area contributed by atoms with Gasteiger partial charge in [0, 0.05) is 16.3 Å². The van der Waals surface area contributed by atoms with Crippen LogP contribution in [0.2, 0.25) is 5.02 Å². The van der Waals surface area contributed by atoms with E-state index >= 15 is 0 Å². The van der Waals surface area contributed by atoms with Crippen molar-refractivity contribution < 1.29 is 13.9 Å². The largest absolute Gasteiger partial charge is 0.497 e. The van der Waals surface area contributed by atoms with Gasteiger partial charge >= 0.3 is 0 Å². The molecule has 0 atom stereocenters. The summed E-state index contributed by atoms with van der Waals surface area (Å²) in [5.74, 6) is 1.19. The van der Waals surface area contributed by atoms with E-state index in [0.29, 0.717) is 22.7 Å². The molecule has 8 heteroatoms. The van der Waals surface area contributed by atoms with Gasteiger partial charge in [-0.2, -0.15) is 0 Å². The third-order valence-electron chi connectivity index (χ3n) is 4.69. The van der Waals surface area contributed by atoms with Crippen molar-refractivity contribution in [2.24, 2.45) is 0 Å². The smallest absolute Gasteiger partial charge is 0.277 e. The number of nitrogens with zero attached hydrogens (tertiary/aromatic N) is 3. The second-order valence-corrected chi connectivity index (χ2v) is 8.20. The minimum atomic E-state index is -0.0738. The molecule has 0 aliphatic rings. The van der Waals surface area contributed by atoms with Gasteiger partial charge in [-0.15, -0.1) is 10.2 Å². The van der Waals surface area contributed by atoms with Crippen molar-refractivity contribution >= 4 is 35.0 Å². The molecule has 3 aromatic carbocycles. The number of methoxy groups -OCH3 is 1. The number of ether oxygens (including phenoxy) is 1. The van der Waals surface area contributed by atoms with Crippen molar-refractivity contribution in [3.63, 3.8) is 0 Å². The van der Waals surface area contributed by atoms with Gasteiger partial charge in [0.15, 0.2) is 0 Å². The first-order valence-corrected chi connectivity index (χ1v) is 11.2. The quantitative estimate of drug-likeness (QED) is 0.310. The van der Waals surface area contributed by atoms with Crippen LogP contribution in [-0.2, 0) is 11.3 Å². The standard InChI is InChI=1S/C24H20ClN3O3S/c1-30-21-13-11-20(12-14-21)28(15-17-5-3-2-4-6-17)22(29)16-32-24-27-26-23(31-24)18-7-9-19(25)10-8-18/h2-14H,15-16H2,1H3. The first kappa shape index (κ1) is 21.9. The SMILES string of the molecule is COc1ccc(N(Cc2ccccc2)C(=O)CSc2nnc(-c3ccc(Cl)cc3)o2)cc1. The van der Waals surface area contributed by atoms with Crippen LogP contribution in [0.15, 0.2) is 88.5 Å². The van der Waals surface area contributed by atoms with Crippen LogP contribution in [0.1, 0.15) is 5.56 Å². The van der Waals surface area contributed by atoms with Crippen LogP contribution in [0.4, 0.5) is 5.69 Å². The molecule has 0 unspecified atom stereocenters. The van der Waals surface area contributed by atoms with Gasteiger partial charge < -0.3 is 14.1 Å². The fourth-order valence-electron chi connectivity index (χ4n) is 3.03. The van der Waals surface area contributed by atoms with E-state index in [1.54, 1.807) is 36.3 Å². The number of aromatic nitrogens is 2. The van der Waals surface area contributed by atoms with Gasteiger partial charge in [-0.1, -0.05) is 53.7 Å². The van der Waals surface area contributed by atoms with Gasteiger partial charge in [0.1, 0.15) is 5.75 Å². The summed E-state index contributed by atoms with van der Waals surface area (Å²) in [7, 11) is 1.61. The molecule has 162 valence electrons. The molecule has 4 aromatic rings. The number of thioether (sulfide) groups is 1. The molecule has 1 aromatic heterocycles.